The summed E-state index contributed by atoms with van der Waals surface area (Å²) in [7, 11) is 0. The number of Topliss-reactive ketones (excluding diaryl/α,β-unsaturated/α-hetero) is 1. The average Bonchev–Trinajstić information content (AvgIpc) is 3.74. The number of carbonyl (C=O) groups is 6. The molecule has 1 fully saturated rings. The third-order valence-corrected chi connectivity index (χ3v) is 16.7. The summed E-state index contributed by atoms with van der Waals surface area (Å²) in [6, 6.07) is 0.199. The maximum absolute atomic E-state index is 14.5. The van der Waals surface area contributed by atoms with Crippen LogP contribution >= 0.6 is 0 Å². The first-order valence-corrected chi connectivity index (χ1v) is 29.3. The molecule has 0 aromatic rings. The fourth-order valence-corrected chi connectivity index (χ4v) is 10.8. The van der Waals surface area contributed by atoms with Crippen LogP contribution in [-0.2, 0) is 47.7 Å². The van der Waals surface area contributed by atoms with E-state index in [1.165, 1.54) is 58.3 Å². The second kappa shape index (κ2) is 34.6. The van der Waals surface area contributed by atoms with Crippen molar-refractivity contribution in [1.82, 2.24) is 4.90 Å². The van der Waals surface area contributed by atoms with Crippen molar-refractivity contribution < 1.29 is 47.7 Å². The lowest BCUT2D eigenvalue weighted by Crippen LogP contribution is -2.46. The molecule has 0 aromatic carbocycles. The van der Waals surface area contributed by atoms with Gasteiger partial charge in [-0.2, -0.15) is 0 Å². The van der Waals surface area contributed by atoms with Crippen LogP contribution in [0.3, 0.4) is 0 Å². The largest absolute Gasteiger partial charge is 0.465 e. The zero-order chi connectivity index (χ0) is 54.4. The summed E-state index contributed by atoms with van der Waals surface area (Å²) in [5, 5.41) is 0. The first-order valence-electron chi connectivity index (χ1n) is 29.3. The molecule has 11 heteroatoms. The summed E-state index contributed by atoms with van der Waals surface area (Å²) >= 11 is 0. The van der Waals surface area contributed by atoms with Gasteiger partial charge in [-0.15, -0.1) is 0 Å². The van der Waals surface area contributed by atoms with Crippen LogP contribution in [0.2, 0.25) is 0 Å². The van der Waals surface area contributed by atoms with Crippen molar-refractivity contribution in [1.29, 1.82) is 0 Å². The molecular weight excluding hydrogens is 907 g/mol. The maximum atomic E-state index is 14.5. The van der Waals surface area contributed by atoms with Crippen molar-refractivity contribution in [2.45, 2.75) is 283 Å². The summed E-state index contributed by atoms with van der Waals surface area (Å²) in [5.74, 6) is -1.95. The number of likely N-dealkylation sites (tertiary alicyclic amines) is 1. The molecule has 4 unspecified atom stereocenters. The molecular formula is C61H111NO10. The topological polar surface area (TPSA) is 143 Å². The van der Waals surface area contributed by atoms with Gasteiger partial charge in [0.1, 0.15) is 25.4 Å². The van der Waals surface area contributed by atoms with Crippen molar-refractivity contribution in [3.63, 3.8) is 0 Å². The Bertz CT molecular complexity index is 1580. The Morgan fingerprint density at radius 3 is 1.64 bits per heavy atom. The highest BCUT2D eigenvalue weighted by molar-refractivity contribution is 5.94. The van der Waals surface area contributed by atoms with Crippen molar-refractivity contribution in [3.05, 3.63) is 0 Å². The van der Waals surface area contributed by atoms with Crippen LogP contribution in [-0.4, -0.2) is 79.5 Å². The third-order valence-electron chi connectivity index (χ3n) is 16.7. The zero-order valence-electron chi connectivity index (χ0n) is 49.1. The van der Waals surface area contributed by atoms with Gasteiger partial charge >= 0.3 is 23.9 Å². The normalized spacial score (nSPS) is 15.7. The van der Waals surface area contributed by atoms with E-state index in [-0.39, 0.29) is 72.0 Å². The first kappa shape index (κ1) is 67.0. The Morgan fingerprint density at radius 2 is 1.12 bits per heavy atom. The number of amides is 1. The second-order valence-electron chi connectivity index (χ2n) is 25.1. The highest BCUT2D eigenvalue weighted by Crippen LogP contribution is 2.52. The lowest BCUT2D eigenvalue weighted by atomic mass is 9.57. The second-order valence-corrected chi connectivity index (χ2v) is 25.1. The molecule has 72 heavy (non-hydrogen) atoms. The van der Waals surface area contributed by atoms with Crippen LogP contribution in [0, 0.1) is 38.9 Å². The van der Waals surface area contributed by atoms with Gasteiger partial charge in [0.15, 0.2) is 0 Å². The summed E-state index contributed by atoms with van der Waals surface area (Å²) < 4.78 is 23.1. The van der Waals surface area contributed by atoms with Crippen LogP contribution < -0.4 is 0 Å². The van der Waals surface area contributed by atoms with Gasteiger partial charge in [0, 0.05) is 19.0 Å². The minimum atomic E-state index is -0.871. The van der Waals surface area contributed by atoms with Crippen molar-refractivity contribution in [2.24, 2.45) is 38.9 Å². The molecule has 0 N–H and O–H groups in total. The van der Waals surface area contributed by atoms with Gasteiger partial charge < -0.3 is 23.8 Å². The summed E-state index contributed by atoms with van der Waals surface area (Å²) in [6.45, 7) is 30.9. The predicted molar refractivity (Wildman–Crippen MR) is 292 cm³/mol. The molecule has 1 rings (SSSR count). The van der Waals surface area contributed by atoms with E-state index < -0.39 is 28.1 Å². The predicted octanol–water partition coefficient (Wildman–Crippen LogP) is 15.3. The Hall–Kier alpha value is -2.98. The standard InChI is InChI=1S/C61H111NO10/c1-15-19-21-23-25-26-28-30-42-71-55(67)51(59(10,11)39-38-58(8,9)47-61(14,60(12,13)18-4)56(68)72-44-43-69-53(65)45-48(5)63)46-57(6,7)37-36-49(54(66)70-41-29-27-24-22-20-16-2)33-31-34-50(17-3)62-40-32-35-52(62)64/h49-51H,15-47H2,1-14H3. The number of hydrogen-bond donors (Lipinski definition) is 0. The number of unbranched alkanes of at least 4 members (excludes halogenated alkanes) is 12. The highest BCUT2D eigenvalue weighted by Gasteiger charge is 2.51. The van der Waals surface area contributed by atoms with Crippen LogP contribution in [0.4, 0.5) is 0 Å². The van der Waals surface area contributed by atoms with Crippen LogP contribution in [0.25, 0.3) is 0 Å². The van der Waals surface area contributed by atoms with Gasteiger partial charge in [-0.1, -0.05) is 167 Å². The SMILES string of the molecule is CCCCCCCCCCOC(=O)C(CC(C)(C)CCC(CCCC(CC)N1CCCC1=O)C(=O)OCCCCCCCC)C(C)(C)CCC(C)(C)CC(C)(C(=O)OCCOC(=O)CC(C)=O)C(C)(C)CC. The van der Waals surface area contributed by atoms with E-state index in [1.807, 2.05) is 6.92 Å². The highest BCUT2D eigenvalue weighted by atomic mass is 16.6. The number of carbonyl (C=O) groups excluding carboxylic acids is 6. The van der Waals surface area contributed by atoms with E-state index in [9.17, 15) is 28.8 Å². The number of hydrogen-bond acceptors (Lipinski definition) is 10. The van der Waals surface area contributed by atoms with Gasteiger partial charge in [-0.05, 0) is 119 Å². The first-order chi connectivity index (χ1) is 33.8. The van der Waals surface area contributed by atoms with E-state index in [1.54, 1.807) is 0 Å². The molecule has 0 spiro atoms. The van der Waals surface area contributed by atoms with E-state index in [4.69, 9.17) is 18.9 Å². The molecule has 420 valence electrons. The molecule has 0 bridgehead atoms. The van der Waals surface area contributed by atoms with Crippen LogP contribution in [0.5, 0.6) is 0 Å². The number of ketones is 1. The molecule has 1 saturated heterocycles. The number of esters is 4. The van der Waals surface area contributed by atoms with Gasteiger partial charge in [0.05, 0.1) is 30.5 Å². The summed E-state index contributed by atoms with van der Waals surface area (Å²) in [5.41, 5.74) is -2.37. The fourth-order valence-electron chi connectivity index (χ4n) is 10.8. The van der Waals surface area contributed by atoms with E-state index in [0.29, 0.717) is 45.3 Å². The lowest BCUT2D eigenvalue weighted by molar-refractivity contribution is -0.169. The molecule has 11 nitrogen and oxygen atoms in total. The van der Waals surface area contributed by atoms with Gasteiger partial charge in [0.2, 0.25) is 5.91 Å². The fraction of sp³-hybridized carbons (Fsp3) is 0.902. The molecule has 0 saturated carbocycles. The number of rotatable bonds is 43. The molecule has 0 aromatic heterocycles. The molecule has 1 heterocycles. The molecule has 1 aliphatic heterocycles. The summed E-state index contributed by atoms with van der Waals surface area (Å²) in [6.07, 6.45) is 25.4. The van der Waals surface area contributed by atoms with Gasteiger partial charge in [-0.3, -0.25) is 28.8 Å². The van der Waals surface area contributed by atoms with E-state index >= 15 is 0 Å². The molecule has 1 aliphatic rings. The van der Waals surface area contributed by atoms with Crippen LogP contribution in [0.1, 0.15) is 277 Å². The van der Waals surface area contributed by atoms with Crippen molar-refractivity contribution in [3.8, 4) is 0 Å². The van der Waals surface area contributed by atoms with Crippen molar-refractivity contribution >= 4 is 35.6 Å². The smallest absolute Gasteiger partial charge is 0.313 e. The molecule has 4 atom stereocenters. The zero-order valence-corrected chi connectivity index (χ0v) is 49.1. The Morgan fingerprint density at radius 1 is 0.583 bits per heavy atom. The van der Waals surface area contributed by atoms with Crippen LogP contribution in [0.15, 0.2) is 0 Å². The molecule has 0 aliphatic carbocycles. The minimum absolute atomic E-state index is 0.0921. The lowest BCUT2D eigenvalue weighted by Gasteiger charge is -2.47. The quantitative estimate of drug-likeness (QED) is 0.0251. The average molecular weight is 1020 g/mol. The van der Waals surface area contributed by atoms with E-state index in [0.717, 1.165) is 96.4 Å². The summed E-state index contributed by atoms with van der Waals surface area (Å²) in [4.78, 5) is 80.5. The third kappa shape index (κ3) is 26.0. The number of nitrogens with zero attached hydrogens (tertiary/aromatic N) is 1. The monoisotopic (exact) mass is 1020 g/mol. The minimum Gasteiger partial charge on any atom is -0.465 e. The van der Waals surface area contributed by atoms with Gasteiger partial charge in [-0.25, -0.2) is 0 Å². The Kier molecular flexibility index (Phi) is 32.2. The molecule has 0 radical (unpaired) electrons. The Labute approximate surface area is 441 Å². The van der Waals surface area contributed by atoms with Crippen molar-refractivity contribution in [2.75, 3.05) is 33.0 Å². The Balaban J connectivity index is 3.32. The van der Waals surface area contributed by atoms with Gasteiger partial charge in [0.25, 0.3) is 0 Å². The maximum Gasteiger partial charge on any atom is 0.313 e. The molecule has 1 amide bonds. The number of ether oxygens (including phenoxy) is 4. The van der Waals surface area contributed by atoms with E-state index in [2.05, 4.69) is 88.0 Å².